The van der Waals surface area contributed by atoms with Gasteiger partial charge in [-0.05, 0) is 38.3 Å². The molecule has 5 heteroatoms. The van der Waals surface area contributed by atoms with Crippen LogP contribution in [0.1, 0.15) is 50.4 Å². The number of fused-ring (bicyclic) bond motifs is 1. The van der Waals surface area contributed by atoms with Crippen molar-refractivity contribution in [2.75, 3.05) is 20.1 Å². The standard InChI is InChI=1S/C17H27N3O2/c1-17(2,3)22-16(21)20(4)10-9-19-15-11-14(18)12-7-5-6-8-13(12)15/h5-8,14-15,19H,9-11,18H2,1-4H3. The average molecular weight is 305 g/mol. The van der Waals surface area contributed by atoms with Crippen molar-refractivity contribution in [3.05, 3.63) is 35.4 Å². The predicted octanol–water partition coefficient (Wildman–Crippen LogP) is 2.59. The van der Waals surface area contributed by atoms with Gasteiger partial charge in [0.2, 0.25) is 0 Å². The quantitative estimate of drug-likeness (QED) is 0.897. The summed E-state index contributed by atoms with van der Waals surface area (Å²) in [6.45, 7) is 6.92. The molecule has 0 aromatic heterocycles. The molecule has 2 rings (SSSR count). The number of rotatable bonds is 4. The maximum atomic E-state index is 11.9. The van der Waals surface area contributed by atoms with Crippen LogP contribution in [-0.2, 0) is 4.74 Å². The lowest BCUT2D eigenvalue weighted by Gasteiger charge is -2.25. The first-order valence-corrected chi connectivity index (χ1v) is 7.80. The summed E-state index contributed by atoms with van der Waals surface area (Å²) in [6, 6.07) is 8.64. The first kappa shape index (κ1) is 16.8. The largest absolute Gasteiger partial charge is 0.444 e. The zero-order chi connectivity index (χ0) is 16.3. The van der Waals surface area contributed by atoms with Crippen molar-refractivity contribution < 1.29 is 9.53 Å². The first-order valence-electron chi connectivity index (χ1n) is 7.80. The van der Waals surface area contributed by atoms with E-state index in [0.717, 1.165) is 6.42 Å². The summed E-state index contributed by atoms with van der Waals surface area (Å²) >= 11 is 0. The van der Waals surface area contributed by atoms with Gasteiger partial charge in [0.15, 0.2) is 0 Å². The molecule has 1 aliphatic rings. The number of nitrogens with zero attached hydrogens (tertiary/aromatic N) is 1. The summed E-state index contributed by atoms with van der Waals surface area (Å²) in [5, 5.41) is 3.49. The second-order valence-electron chi connectivity index (χ2n) is 6.88. The monoisotopic (exact) mass is 305 g/mol. The molecule has 22 heavy (non-hydrogen) atoms. The highest BCUT2D eigenvalue weighted by Gasteiger charge is 2.27. The zero-order valence-corrected chi connectivity index (χ0v) is 13.9. The Morgan fingerprint density at radius 1 is 1.36 bits per heavy atom. The van der Waals surface area contributed by atoms with E-state index in [-0.39, 0.29) is 18.2 Å². The molecule has 0 bridgehead atoms. The first-order chi connectivity index (χ1) is 10.3. The van der Waals surface area contributed by atoms with E-state index >= 15 is 0 Å². The Labute approximate surface area is 132 Å². The van der Waals surface area contributed by atoms with Crippen LogP contribution in [-0.4, -0.2) is 36.7 Å². The highest BCUT2D eigenvalue weighted by molar-refractivity contribution is 5.67. The van der Waals surface area contributed by atoms with Gasteiger partial charge < -0.3 is 20.7 Å². The maximum absolute atomic E-state index is 11.9. The summed E-state index contributed by atoms with van der Waals surface area (Å²) in [4.78, 5) is 13.5. The Morgan fingerprint density at radius 3 is 2.64 bits per heavy atom. The van der Waals surface area contributed by atoms with Gasteiger partial charge in [0.1, 0.15) is 5.60 Å². The van der Waals surface area contributed by atoms with Gasteiger partial charge in [0, 0.05) is 32.2 Å². The number of ether oxygens (including phenoxy) is 1. The molecule has 0 fully saturated rings. The van der Waals surface area contributed by atoms with Crippen LogP contribution < -0.4 is 11.1 Å². The Kier molecular flexibility index (Phi) is 5.08. The van der Waals surface area contributed by atoms with E-state index in [4.69, 9.17) is 10.5 Å². The summed E-state index contributed by atoms with van der Waals surface area (Å²) < 4.78 is 5.33. The van der Waals surface area contributed by atoms with Crippen molar-refractivity contribution >= 4 is 6.09 Å². The topological polar surface area (TPSA) is 67.6 Å². The van der Waals surface area contributed by atoms with Crippen molar-refractivity contribution in [2.24, 2.45) is 5.73 Å². The van der Waals surface area contributed by atoms with Gasteiger partial charge in [0.25, 0.3) is 0 Å². The van der Waals surface area contributed by atoms with E-state index in [2.05, 4.69) is 17.4 Å². The summed E-state index contributed by atoms with van der Waals surface area (Å²) in [6.07, 6.45) is 0.605. The van der Waals surface area contributed by atoms with Crippen LogP contribution in [0.25, 0.3) is 0 Å². The number of nitrogens with two attached hydrogens (primary N) is 1. The molecule has 2 unspecified atom stereocenters. The number of hydrogen-bond acceptors (Lipinski definition) is 4. The minimum atomic E-state index is -0.462. The van der Waals surface area contributed by atoms with Gasteiger partial charge in [-0.15, -0.1) is 0 Å². The van der Waals surface area contributed by atoms with Gasteiger partial charge >= 0.3 is 6.09 Å². The molecular weight excluding hydrogens is 278 g/mol. The summed E-state index contributed by atoms with van der Waals surface area (Å²) in [5.41, 5.74) is 8.19. The minimum absolute atomic E-state index is 0.0947. The van der Waals surface area contributed by atoms with Crippen LogP contribution in [0.5, 0.6) is 0 Å². The van der Waals surface area contributed by atoms with Gasteiger partial charge in [-0.3, -0.25) is 0 Å². The van der Waals surface area contributed by atoms with E-state index in [1.807, 2.05) is 32.9 Å². The van der Waals surface area contributed by atoms with Crippen LogP contribution in [0.15, 0.2) is 24.3 Å². The van der Waals surface area contributed by atoms with E-state index < -0.39 is 5.60 Å². The maximum Gasteiger partial charge on any atom is 0.410 e. The molecule has 2 atom stereocenters. The molecule has 5 nitrogen and oxygen atoms in total. The number of carbonyl (C=O) groups is 1. The van der Waals surface area contributed by atoms with E-state index in [1.54, 1.807) is 11.9 Å². The lowest BCUT2D eigenvalue weighted by Crippen LogP contribution is -2.38. The fraction of sp³-hybridized carbons (Fsp3) is 0.588. The second kappa shape index (κ2) is 6.67. The third-order valence-electron chi connectivity index (χ3n) is 3.80. The molecule has 0 aliphatic heterocycles. The Hall–Kier alpha value is -1.59. The molecule has 1 aromatic carbocycles. The minimum Gasteiger partial charge on any atom is -0.444 e. The number of hydrogen-bond donors (Lipinski definition) is 2. The van der Waals surface area contributed by atoms with Crippen LogP contribution >= 0.6 is 0 Å². The molecule has 3 N–H and O–H groups in total. The van der Waals surface area contributed by atoms with Crippen LogP contribution in [0, 0.1) is 0 Å². The average Bonchev–Trinajstić information content (AvgIpc) is 2.74. The van der Waals surface area contributed by atoms with Gasteiger partial charge in [-0.1, -0.05) is 24.3 Å². The van der Waals surface area contributed by atoms with Crippen LogP contribution in [0.3, 0.4) is 0 Å². The van der Waals surface area contributed by atoms with Crippen molar-refractivity contribution in [1.29, 1.82) is 0 Å². The zero-order valence-electron chi connectivity index (χ0n) is 13.9. The molecule has 0 saturated heterocycles. The Balaban J connectivity index is 1.81. The van der Waals surface area contributed by atoms with Gasteiger partial charge in [-0.25, -0.2) is 4.79 Å². The smallest absolute Gasteiger partial charge is 0.410 e. The van der Waals surface area contributed by atoms with Crippen molar-refractivity contribution in [2.45, 2.75) is 44.9 Å². The third-order valence-corrected chi connectivity index (χ3v) is 3.80. The number of nitrogens with one attached hydrogen (secondary N) is 1. The number of benzene rings is 1. The number of amides is 1. The van der Waals surface area contributed by atoms with Crippen molar-refractivity contribution in [3.8, 4) is 0 Å². The Morgan fingerprint density at radius 2 is 2.00 bits per heavy atom. The molecule has 0 heterocycles. The molecule has 1 aromatic rings. The number of carbonyl (C=O) groups excluding carboxylic acids is 1. The fourth-order valence-corrected chi connectivity index (χ4v) is 2.70. The molecule has 0 saturated carbocycles. The third kappa shape index (κ3) is 4.21. The molecule has 122 valence electrons. The Bertz CT molecular complexity index is 525. The van der Waals surface area contributed by atoms with Gasteiger partial charge in [0.05, 0.1) is 0 Å². The van der Waals surface area contributed by atoms with Crippen LogP contribution in [0.2, 0.25) is 0 Å². The van der Waals surface area contributed by atoms with Crippen molar-refractivity contribution in [1.82, 2.24) is 10.2 Å². The molecule has 0 radical (unpaired) electrons. The van der Waals surface area contributed by atoms with E-state index in [0.29, 0.717) is 13.1 Å². The molecule has 1 amide bonds. The lowest BCUT2D eigenvalue weighted by atomic mass is 10.1. The highest BCUT2D eigenvalue weighted by atomic mass is 16.6. The van der Waals surface area contributed by atoms with E-state index in [9.17, 15) is 4.79 Å². The van der Waals surface area contributed by atoms with Crippen LogP contribution in [0.4, 0.5) is 4.79 Å². The summed E-state index contributed by atoms with van der Waals surface area (Å²) in [5.74, 6) is 0. The second-order valence-corrected chi connectivity index (χ2v) is 6.88. The number of likely N-dealkylation sites (N-methyl/N-ethyl adjacent to an activating group) is 1. The van der Waals surface area contributed by atoms with Crippen molar-refractivity contribution in [3.63, 3.8) is 0 Å². The predicted molar refractivity (Wildman–Crippen MR) is 87.6 cm³/mol. The van der Waals surface area contributed by atoms with E-state index in [1.165, 1.54) is 11.1 Å². The molecule has 1 aliphatic carbocycles. The molecular formula is C17H27N3O2. The normalized spacial score (nSPS) is 20.6. The fourth-order valence-electron chi connectivity index (χ4n) is 2.70. The van der Waals surface area contributed by atoms with Gasteiger partial charge in [-0.2, -0.15) is 0 Å². The SMILES string of the molecule is CN(CCNC1CC(N)c2ccccc21)C(=O)OC(C)(C)C. The lowest BCUT2D eigenvalue weighted by molar-refractivity contribution is 0.0299. The highest BCUT2D eigenvalue weighted by Crippen LogP contribution is 2.36. The molecule has 0 spiro atoms. The summed E-state index contributed by atoms with van der Waals surface area (Å²) in [7, 11) is 1.75.